The summed E-state index contributed by atoms with van der Waals surface area (Å²) in [5.41, 5.74) is 5.17. The zero-order valence-corrected chi connectivity index (χ0v) is 23.0. The number of nitrogens with zero attached hydrogens (tertiary/aromatic N) is 4. The number of benzene rings is 1. The van der Waals surface area contributed by atoms with Gasteiger partial charge in [0.2, 0.25) is 5.72 Å². The zero-order valence-electron chi connectivity index (χ0n) is 22.1. The first-order valence-electron chi connectivity index (χ1n) is 13.0. The lowest BCUT2D eigenvalue weighted by Crippen LogP contribution is -2.47. The van der Waals surface area contributed by atoms with Gasteiger partial charge in [0.05, 0.1) is 13.2 Å². The number of aromatic amines is 1. The number of aromatic nitrogens is 2. The third kappa shape index (κ3) is 6.88. The molecule has 1 aliphatic carbocycles. The van der Waals surface area contributed by atoms with Crippen LogP contribution in [0.4, 0.5) is 0 Å². The molecule has 4 N–H and O–H groups in total. The van der Waals surface area contributed by atoms with Crippen LogP contribution in [0.25, 0.3) is 10.4 Å². The van der Waals surface area contributed by atoms with Gasteiger partial charge in [0.1, 0.15) is 24.0 Å². The topological polar surface area (TPSA) is 227 Å². The minimum Gasteiger partial charge on any atom is -0.465 e. The van der Waals surface area contributed by atoms with Crippen LogP contribution in [0.3, 0.4) is 0 Å². The molecule has 0 radical (unpaired) electrons. The number of H-pyrrole nitrogens is 1. The highest BCUT2D eigenvalue weighted by molar-refractivity contribution is 7.52. The van der Waals surface area contributed by atoms with E-state index in [0.29, 0.717) is 12.8 Å². The number of carbonyl (C=O) groups excluding carboxylic acids is 1. The number of hydrogen-bond donors (Lipinski definition) is 4. The number of rotatable bonds is 12. The first kappa shape index (κ1) is 30.5. The summed E-state index contributed by atoms with van der Waals surface area (Å²) in [5, 5.41) is 27.8. The van der Waals surface area contributed by atoms with Gasteiger partial charge in [-0.1, -0.05) is 36.2 Å². The summed E-state index contributed by atoms with van der Waals surface area (Å²) in [5.74, 6) is -0.779. The Balaban J connectivity index is 1.65. The van der Waals surface area contributed by atoms with E-state index in [1.54, 1.807) is 25.1 Å². The Bertz CT molecular complexity index is 1420. The standard InChI is InChI=1S/C24H31N6O10P/c1-2-37-22(34)18(15-8-6-7-9-15)27-41(36,40-16-10-4-3-5-11-16)38-14-24(28-29-25)20(33)19(32)21(39-24)30-13-12-17(31)26-23(30)35/h3-5,10-13,15,18-21,32-33H,2,6-9,14H2,1H3,(H,27,36)(H,26,31,35)/t18-,19-,20+,21+,24+,41?/m0/s1. The van der Waals surface area contributed by atoms with E-state index in [4.69, 9.17) is 18.5 Å². The van der Waals surface area contributed by atoms with Crippen molar-refractivity contribution >= 4 is 13.7 Å². The Labute approximate surface area is 233 Å². The zero-order chi connectivity index (χ0) is 29.6. The van der Waals surface area contributed by atoms with E-state index in [0.717, 1.165) is 29.7 Å². The molecular formula is C24H31N6O10P. The van der Waals surface area contributed by atoms with Gasteiger partial charge >= 0.3 is 19.4 Å². The third-order valence-electron chi connectivity index (χ3n) is 6.86. The SMILES string of the molecule is CCOC(=O)[C@@H](NP(=O)(OC[C@@]1(N=[N+]=[N-])O[C@@H](n2ccc(=O)[nH]c2=O)[C@@H](O)[C@H]1O)Oc1ccccc1)C1CCCC1. The molecule has 0 bridgehead atoms. The molecule has 2 aliphatic rings. The third-order valence-corrected chi connectivity index (χ3v) is 8.38. The average molecular weight is 595 g/mol. The van der Waals surface area contributed by atoms with E-state index in [9.17, 15) is 34.7 Å². The fraction of sp³-hybridized carbons (Fsp3) is 0.542. The van der Waals surface area contributed by atoms with Crippen molar-refractivity contribution in [3.05, 3.63) is 73.9 Å². The molecule has 41 heavy (non-hydrogen) atoms. The van der Waals surface area contributed by atoms with Crippen molar-refractivity contribution in [2.45, 2.75) is 62.8 Å². The summed E-state index contributed by atoms with van der Waals surface area (Å²) in [6, 6.07) is 7.85. The summed E-state index contributed by atoms with van der Waals surface area (Å²) in [6.07, 6.45) is -1.40. The normalized spacial score (nSPS) is 26.6. The van der Waals surface area contributed by atoms with Crippen LogP contribution in [-0.4, -0.2) is 62.9 Å². The molecule has 2 aromatic rings. The number of hydrogen-bond acceptors (Lipinski definition) is 11. The number of para-hydroxylation sites is 1. The van der Waals surface area contributed by atoms with Crippen molar-refractivity contribution in [3.8, 4) is 5.75 Å². The second-order valence-corrected chi connectivity index (χ2v) is 11.3. The molecule has 222 valence electrons. The molecule has 6 atom stereocenters. The Kier molecular flexibility index (Phi) is 9.66. The molecule has 2 heterocycles. The van der Waals surface area contributed by atoms with E-state index in [2.05, 4.69) is 15.1 Å². The predicted molar refractivity (Wildman–Crippen MR) is 141 cm³/mol. The molecule has 1 aliphatic heterocycles. The molecular weight excluding hydrogens is 563 g/mol. The first-order valence-corrected chi connectivity index (χ1v) is 14.5. The number of azide groups is 1. The molecule has 1 unspecified atom stereocenters. The van der Waals surface area contributed by atoms with Crippen molar-refractivity contribution in [1.29, 1.82) is 0 Å². The fourth-order valence-corrected chi connectivity index (χ4v) is 6.45. The number of ether oxygens (including phenoxy) is 2. The molecule has 0 amide bonds. The molecule has 1 saturated carbocycles. The molecule has 2 fully saturated rings. The lowest BCUT2D eigenvalue weighted by Gasteiger charge is -2.31. The second kappa shape index (κ2) is 13.0. The Morgan fingerprint density at radius 2 is 2.00 bits per heavy atom. The molecule has 17 heteroatoms. The maximum absolute atomic E-state index is 14.2. The second-order valence-electron chi connectivity index (χ2n) is 9.57. The van der Waals surface area contributed by atoms with Crippen LogP contribution >= 0.6 is 7.75 Å². The van der Waals surface area contributed by atoms with Gasteiger partial charge in [0.15, 0.2) is 6.23 Å². The minimum absolute atomic E-state index is 0.0812. The van der Waals surface area contributed by atoms with E-state index in [-0.39, 0.29) is 18.3 Å². The molecule has 1 saturated heterocycles. The molecule has 1 aromatic carbocycles. The van der Waals surface area contributed by atoms with E-state index < -0.39 is 61.8 Å². The van der Waals surface area contributed by atoms with Gasteiger partial charge in [-0.25, -0.2) is 9.36 Å². The Hall–Kier alpha value is -3.49. The largest absolute Gasteiger partial charge is 0.465 e. The highest BCUT2D eigenvalue weighted by atomic mass is 31.2. The summed E-state index contributed by atoms with van der Waals surface area (Å²) >= 11 is 0. The van der Waals surface area contributed by atoms with E-state index in [1.807, 2.05) is 4.98 Å². The highest BCUT2D eigenvalue weighted by Gasteiger charge is 2.56. The number of aliphatic hydroxyl groups is 2. The van der Waals surface area contributed by atoms with Crippen LogP contribution in [0.1, 0.15) is 38.8 Å². The lowest BCUT2D eigenvalue weighted by atomic mass is 9.99. The molecule has 1 aromatic heterocycles. The van der Waals surface area contributed by atoms with Crippen LogP contribution in [0.2, 0.25) is 0 Å². The van der Waals surface area contributed by atoms with Crippen molar-refractivity contribution in [1.82, 2.24) is 14.6 Å². The van der Waals surface area contributed by atoms with E-state index >= 15 is 0 Å². The number of aliphatic hydroxyl groups excluding tert-OH is 2. The number of nitrogens with one attached hydrogen (secondary N) is 2. The van der Waals surface area contributed by atoms with Gasteiger partial charge < -0.3 is 24.2 Å². The van der Waals surface area contributed by atoms with Crippen molar-refractivity contribution in [2.24, 2.45) is 11.0 Å². The minimum atomic E-state index is -4.52. The smallest absolute Gasteiger partial charge is 0.459 e. The fourth-order valence-electron chi connectivity index (χ4n) is 4.86. The van der Waals surface area contributed by atoms with Gasteiger partial charge in [-0.3, -0.25) is 23.7 Å². The van der Waals surface area contributed by atoms with Gasteiger partial charge in [0.25, 0.3) is 5.56 Å². The van der Waals surface area contributed by atoms with Crippen LogP contribution in [0.5, 0.6) is 5.75 Å². The molecule has 4 rings (SSSR count). The summed E-state index contributed by atoms with van der Waals surface area (Å²) in [6.45, 7) is 0.775. The van der Waals surface area contributed by atoms with Crippen molar-refractivity contribution in [3.63, 3.8) is 0 Å². The quantitative estimate of drug-likeness (QED) is 0.0909. The van der Waals surface area contributed by atoms with Crippen LogP contribution in [0, 0.1) is 5.92 Å². The van der Waals surface area contributed by atoms with Crippen LogP contribution < -0.4 is 20.9 Å². The van der Waals surface area contributed by atoms with Crippen LogP contribution in [0.15, 0.2) is 57.3 Å². The number of esters is 1. The Morgan fingerprint density at radius 3 is 2.63 bits per heavy atom. The monoisotopic (exact) mass is 594 g/mol. The maximum atomic E-state index is 14.2. The van der Waals surface area contributed by atoms with Crippen molar-refractivity contribution in [2.75, 3.05) is 13.2 Å². The lowest BCUT2D eigenvalue weighted by molar-refractivity contribution is -0.146. The Morgan fingerprint density at radius 1 is 1.29 bits per heavy atom. The van der Waals surface area contributed by atoms with Crippen molar-refractivity contribution < 1.29 is 38.1 Å². The summed E-state index contributed by atoms with van der Waals surface area (Å²) in [7, 11) is -4.52. The van der Waals surface area contributed by atoms with Gasteiger partial charge in [0, 0.05) is 17.2 Å². The van der Waals surface area contributed by atoms with Gasteiger partial charge in [-0.15, -0.1) is 0 Å². The molecule has 0 spiro atoms. The predicted octanol–water partition coefficient (Wildman–Crippen LogP) is 1.71. The van der Waals surface area contributed by atoms with Gasteiger partial charge in [-0.2, -0.15) is 5.09 Å². The van der Waals surface area contributed by atoms with Gasteiger partial charge in [-0.05, 0) is 43.3 Å². The first-order chi connectivity index (χ1) is 19.6. The summed E-state index contributed by atoms with van der Waals surface area (Å²) < 4.78 is 37.2. The summed E-state index contributed by atoms with van der Waals surface area (Å²) in [4.78, 5) is 41.4. The number of carbonyl (C=O) groups is 1. The molecule has 16 nitrogen and oxygen atoms in total. The maximum Gasteiger partial charge on any atom is 0.459 e. The highest BCUT2D eigenvalue weighted by Crippen LogP contribution is 2.49. The van der Waals surface area contributed by atoms with Crippen LogP contribution in [-0.2, 0) is 23.4 Å². The average Bonchev–Trinajstić information content (AvgIpc) is 3.56. The van der Waals surface area contributed by atoms with E-state index in [1.165, 1.54) is 12.1 Å².